The van der Waals surface area contributed by atoms with Crippen LogP contribution in [0.4, 0.5) is 0 Å². The lowest BCUT2D eigenvalue weighted by Crippen LogP contribution is -2.54. The maximum Gasteiger partial charge on any atom is 0.103 e. The summed E-state index contributed by atoms with van der Waals surface area (Å²) in [4.78, 5) is 15.8. The van der Waals surface area contributed by atoms with Crippen LogP contribution < -0.4 is 0 Å². The van der Waals surface area contributed by atoms with E-state index in [2.05, 4.69) is 0 Å². The van der Waals surface area contributed by atoms with Crippen LogP contribution in [0.25, 0.3) is 0 Å². The molecule has 9 nitrogen and oxygen atoms in total. The van der Waals surface area contributed by atoms with Crippen molar-refractivity contribution in [2.24, 2.45) is 0 Å². The fourth-order valence-electron chi connectivity index (χ4n) is 1.42. The van der Waals surface area contributed by atoms with Crippen molar-refractivity contribution < 1.29 is 29.8 Å². The van der Waals surface area contributed by atoms with E-state index in [4.69, 9.17) is 29.8 Å². The first-order valence-electron chi connectivity index (χ1n) is 5.76. The van der Waals surface area contributed by atoms with E-state index >= 15 is 0 Å². The molecular weight excluding hydrogens is 246 g/mol. The molecule has 1 fully saturated rings. The zero-order valence-electron chi connectivity index (χ0n) is 10.3. The van der Waals surface area contributed by atoms with Crippen LogP contribution in [0.3, 0.4) is 0 Å². The minimum absolute atomic E-state index is 0.0779. The largest absolute Gasteiger partial charge is 0.394 e. The van der Waals surface area contributed by atoms with Crippen LogP contribution in [0, 0.1) is 0 Å². The normalized spacial score (nSPS) is 19.5. The number of aliphatic hydroxyl groups excluding tert-OH is 3. The van der Waals surface area contributed by atoms with E-state index in [-0.39, 0.29) is 39.6 Å². The van der Waals surface area contributed by atoms with Crippen LogP contribution in [-0.4, -0.2) is 90.2 Å². The lowest BCUT2D eigenvalue weighted by atomic mass is 10.7. The van der Waals surface area contributed by atoms with Gasteiger partial charge >= 0.3 is 0 Å². The Morgan fingerprint density at radius 2 is 0.889 bits per heavy atom. The quantitative estimate of drug-likeness (QED) is 0.420. The summed E-state index contributed by atoms with van der Waals surface area (Å²) in [6, 6.07) is 0. The van der Waals surface area contributed by atoms with Crippen molar-refractivity contribution in [3.63, 3.8) is 0 Å². The van der Waals surface area contributed by atoms with Crippen LogP contribution in [0.1, 0.15) is 0 Å². The van der Waals surface area contributed by atoms with Crippen molar-refractivity contribution >= 4 is 0 Å². The van der Waals surface area contributed by atoms with Gasteiger partial charge in [-0.2, -0.15) is 15.2 Å². The first-order chi connectivity index (χ1) is 8.80. The van der Waals surface area contributed by atoms with Gasteiger partial charge in [0.25, 0.3) is 0 Å². The molecule has 0 aliphatic carbocycles. The summed E-state index contributed by atoms with van der Waals surface area (Å²) in [5.74, 6) is 0. The topological polar surface area (TPSA) is 98.1 Å². The minimum Gasteiger partial charge on any atom is -0.394 e. The molecule has 0 radical (unpaired) electrons. The summed E-state index contributed by atoms with van der Waals surface area (Å²) in [5.41, 5.74) is 0. The van der Waals surface area contributed by atoms with E-state index in [0.29, 0.717) is 20.0 Å². The van der Waals surface area contributed by atoms with E-state index in [9.17, 15) is 0 Å². The lowest BCUT2D eigenvalue weighted by Gasteiger charge is -2.39. The van der Waals surface area contributed by atoms with Crippen molar-refractivity contribution in [1.29, 1.82) is 0 Å². The summed E-state index contributed by atoms with van der Waals surface area (Å²) in [5, 5.41) is 30.8. The Morgan fingerprint density at radius 3 is 1.11 bits per heavy atom. The molecule has 0 atom stereocenters. The first kappa shape index (κ1) is 15.7. The molecule has 3 N–H and O–H groups in total. The van der Waals surface area contributed by atoms with E-state index in [0.717, 1.165) is 0 Å². The molecule has 18 heavy (non-hydrogen) atoms. The second kappa shape index (κ2) is 9.55. The summed E-state index contributed by atoms with van der Waals surface area (Å²) in [6.07, 6.45) is 0. The van der Waals surface area contributed by atoms with Crippen molar-refractivity contribution in [1.82, 2.24) is 15.2 Å². The minimum atomic E-state index is -0.0779. The Balaban J connectivity index is 2.38. The average Bonchev–Trinajstić information content (AvgIpc) is 2.40. The molecule has 0 unspecified atom stereocenters. The highest BCUT2D eigenvalue weighted by atomic mass is 16.8. The van der Waals surface area contributed by atoms with Crippen molar-refractivity contribution in [3.8, 4) is 0 Å². The summed E-state index contributed by atoms with van der Waals surface area (Å²) in [6.45, 7) is 1.43. The van der Waals surface area contributed by atoms with Gasteiger partial charge in [0.05, 0.1) is 39.6 Å². The Kier molecular flexibility index (Phi) is 8.33. The predicted octanol–water partition coefficient (Wildman–Crippen LogP) is -2.45. The van der Waals surface area contributed by atoms with Gasteiger partial charge < -0.3 is 15.3 Å². The molecule has 0 saturated carbocycles. The van der Waals surface area contributed by atoms with Gasteiger partial charge in [0.1, 0.15) is 20.0 Å². The molecule has 0 spiro atoms. The SMILES string of the molecule is OCCON1CN(OCCO)CN(OCCO)C1. The highest BCUT2D eigenvalue weighted by molar-refractivity contribution is 4.52. The number of rotatable bonds is 9. The van der Waals surface area contributed by atoms with Gasteiger partial charge in [-0.15, -0.1) is 0 Å². The van der Waals surface area contributed by atoms with Crippen LogP contribution in [-0.2, 0) is 14.5 Å². The highest BCUT2D eigenvalue weighted by Crippen LogP contribution is 2.08. The molecule has 0 aromatic rings. The number of hydrogen-bond donors (Lipinski definition) is 3. The molecule has 1 aliphatic heterocycles. The molecule has 108 valence electrons. The maximum atomic E-state index is 8.70. The molecule has 9 heteroatoms. The Bertz CT molecular complexity index is 171. The van der Waals surface area contributed by atoms with Crippen molar-refractivity contribution in [3.05, 3.63) is 0 Å². The van der Waals surface area contributed by atoms with Gasteiger partial charge in [0.15, 0.2) is 0 Å². The number of hydrogen-bond acceptors (Lipinski definition) is 9. The molecule has 1 heterocycles. The zero-order chi connectivity index (χ0) is 13.2. The predicted molar refractivity (Wildman–Crippen MR) is 59.2 cm³/mol. The molecule has 0 bridgehead atoms. The Morgan fingerprint density at radius 1 is 0.611 bits per heavy atom. The summed E-state index contributed by atoms with van der Waals surface area (Å²) >= 11 is 0. The molecule has 0 aromatic carbocycles. The second-order valence-corrected chi connectivity index (χ2v) is 3.54. The smallest absolute Gasteiger partial charge is 0.103 e. The van der Waals surface area contributed by atoms with Gasteiger partial charge in [-0.25, -0.2) is 0 Å². The number of hydroxylamine groups is 6. The van der Waals surface area contributed by atoms with E-state index in [1.165, 1.54) is 0 Å². The van der Waals surface area contributed by atoms with Crippen LogP contribution >= 0.6 is 0 Å². The van der Waals surface area contributed by atoms with E-state index in [1.54, 1.807) is 15.2 Å². The Labute approximate surface area is 106 Å². The maximum absolute atomic E-state index is 8.70. The van der Waals surface area contributed by atoms with Crippen LogP contribution in [0.15, 0.2) is 0 Å². The first-order valence-corrected chi connectivity index (χ1v) is 5.76. The molecule has 1 rings (SSSR count). The van der Waals surface area contributed by atoms with Gasteiger partial charge in [-0.1, -0.05) is 0 Å². The lowest BCUT2D eigenvalue weighted by molar-refractivity contribution is -0.367. The Hall–Kier alpha value is -0.360. The van der Waals surface area contributed by atoms with Crippen LogP contribution in [0.2, 0.25) is 0 Å². The van der Waals surface area contributed by atoms with Gasteiger partial charge in [0.2, 0.25) is 0 Å². The summed E-state index contributed by atoms with van der Waals surface area (Å²) in [7, 11) is 0. The third-order valence-electron chi connectivity index (χ3n) is 2.04. The third kappa shape index (κ3) is 6.00. The molecule has 0 aromatic heterocycles. The fourth-order valence-corrected chi connectivity index (χ4v) is 1.42. The zero-order valence-corrected chi connectivity index (χ0v) is 10.3. The molecular formula is C9H21N3O6. The average molecular weight is 267 g/mol. The van der Waals surface area contributed by atoms with Gasteiger partial charge in [-0.3, -0.25) is 14.5 Å². The number of nitrogens with zero attached hydrogens (tertiary/aromatic N) is 3. The van der Waals surface area contributed by atoms with Crippen molar-refractivity contribution in [2.45, 2.75) is 0 Å². The van der Waals surface area contributed by atoms with E-state index < -0.39 is 0 Å². The number of aliphatic hydroxyl groups is 3. The van der Waals surface area contributed by atoms with Crippen LogP contribution in [0.5, 0.6) is 0 Å². The van der Waals surface area contributed by atoms with Gasteiger partial charge in [0, 0.05) is 0 Å². The molecule has 1 aliphatic rings. The highest BCUT2D eigenvalue weighted by Gasteiger charge is 2.25. The molecule has 0 amide bonds. The fraction of sp³-hybridized carbons (Fsp3) is 1.00. The second-order valence-electron chi connectivity index (χ2n) is 3.54. The van der Waals surface area contributed by atoms with E-state index in [1.807, 2.05) is 0 Å². The summed E-state index contributed by atoms with van der Waals surface area (Å²) < 4.78 is 0. The van der Waals surface area contributed by atoms with Crippen molar-refractivity contribution in [2.75, 3.05) is 59.6 Å². The molecule has 1 saturated heterocycles. The van der Waals surface area contributed by atoms with Gasteiger partial charge in [-0.05, 0) is 0 Å². The monoisotopic (exact) mass is 267 g/mol. The standard InChI is InChI=1S/C9H21N3O6/c13-1-4-16-10-7-11(17-5-2-14)9-12(8-10)18-6-3-15/h13-15H,1-9H2. The third-order valence-corrected chi connectivity index (χ3v) is 2.04.